The van der Waals surface area contributed by atoms with Crippen LogP contribution in [0.1, 0.15) is 30.0 Å². The number of nitrogens with zero attached hydrogens (tertiary/aromatic N) is 7. The van der Waals surface area contributed by atoms with Gasteiger partial charge in [0.25, 0.3) is 10.0 Å². The average Bonchev–Trinajstić information content (AvgIpc) is 3.52. The summed E-state index contributed by atoms with van der Waals surface area (Å²) in [6.07, 6.45) is 5.45. The molecule has 12 heteroatoms. The van der Waals surface area contributed by atoms with E-state index in [1.807, 2.05) is 0 Å². The predicted octanol–water partition coefficient (Wildman–Crippen LogP) is 3.07. The zero-order valence-corrected chi connectivity index (χ0v) is 23.1. The third-order valence-electron chi connectivity index (χ3n) is 8.04. The van der Waals surface area contributed by atoms with E-state index in [1.54, 1.807) is 37.2 Å². The fourth-order valence-electron chi connectivity index (χ4n) is 5.80. The Morgan fingerprint density at radius 1 is 1.08 bits per heavy atom. The summed E-state index contributed by atoms with van der Waals surface area (Å²) >= 11 is 0. The van der Waals surface area contributed by atoms with Gasteiger partial charge in [0, 0.05) is 51.8 Å². The highest BCUT2D eigenvalue weighted by Crippen LogP contribution is 2.37. The number of methoxy groups -OCH3 is 1. The molecule has 0 N–H and O–H groups in total. The molecule has 0 radical (unpaired) electrons. The lowest BCUT2D eigenvalue weighted by Crippen LogP contribution is -2.52. The van der Waals surface area contributed by atoms with E-state index in [4.69, 9.17) is 4.74 Å². The summed E-state index contributed by atoms with van der Waals surface area (Å²) < 4.78 is 49.3. The van der Waals surface area contributed by atoms with Gasteiger partial charge >= 0.3 is 0 Å². The van der Waals surface area contributed by atoms with Crippen molar-refractivity contribution in [2.45, 2.75) is 36.9 Å². The van der Waals surface area contributed by atoms with E-state index in [0.717, 1.165) is 47.1 Å². The van der Waals surface area contributed by atoms with E-state index in [1.165, 1.54) is 27.4 Å². The Balaban J connectivity index is 1.35. The Labute approximate surface area is 227 Å². The molecule has 3 heterocycles. The van der Waals surface area contributed by atoms with E-state index in [-0.39, 0.29) is 16.9 Å². The summed E-state index contributed by atoms with van der Waals surface area (Å²) in [5, 5.41) is 13.5. The number of rotatable bonds is 7. The van der Waals surface area contributed by atoms with Crippen LogP contribution in [0.4, 0.5) is 4.39 Å². The van der Waals surface area contributed by atoms with E-state index in [0.29, 0.717) is 31.7 Å². The number of sulfonamides is 1. The van der Waals surface area contributed by atoms with Crippen molar-refractivity contribution < 1.29 is 17.5 Å². The van der Waals surface area contributed by atoms with Crippen LogP contribution in [0.3, 0.4) is 0 Å². The van der Waals surface area contributed by atoms with E-state index >= 15 is 0 Å². The van der Waals surface area contributed by atoms with Crippen LogP contribution in [0.25, 0.3) is 16.6 Å². The van der Waals surface area contributed by atoms with Gasteiger partial charge in [-0.1, -0.05) is 0 Å². The van der Waals surface area contributed by atoms with Crippen LogP contribution in [0.2, 0.25) is 0 Å². The van der Waals surface area contributed by atoms with Gasteiger partial charge in [-0.25, -0.2) is 17.5 Å². The molecule has 1 atom stereocenters. The van der Waals surface area contributed by atoms with Crippen LogP contribution in [0.15, 0.2) is 53.8 Å². The lowest BCUT2D eigenvalue weighted by atomic mass is 9.81. The molecule has 39 heavy (non-hydrogen) atoms. The van der Waals surface area contributed by atoms with Crippen molar-refractivity contribution in [1.29, 1.82) is 0 Å². The van der Waals surface area contributed by atoms with Gasteiger partial charge in [0.05, 0.1) is 29.7 Å². The first kappa shape index (κ1) is 26.1. The van der Waals surface area contributed by atoms with Crippen LogP contribution >= 0.6 is 0 Å². The molecular weight excluding hydrogens is 521 g/mol. The van der Waals surface area contributed by atoms with Gasteiger partial charge in [-0.15, -0.1) is 5.10 Å². The number of hydrogen-bond donors (Lipinski definition) is 0. The van der Waals surface area contributed by atoms with Gasteiger partial charge in [-0.2, -0.15) is 19.3 Å². The molecule has 4 aromatic rings. The van der Waals surface area contributed by atoms with Crippen molar-refractivity contribution in [3.63, 3.8) is 0 Å². The molecule has 0 bridgehead atoms. The van der Waals surface area contributed by atoms with Crippen LogP contribution < -0.4 is 0 Å². The van der Waals surface area contributed by atoms with E-state index < -0.39 is 10.0 Å². The molecule has 1 aliphatic carbocycles. The second-order valence-corrected chi connectivity index (χ2v) is 12.4. The van der Waals surface area contributed by atoms with Crippen LogP contribution in [0.5, 0.6) is 0 Å². The van der Waals surface area contributed by atoms with E-state index in [2.05, 4.69) is 39.3 Å². The summed E-state index contributed by atoms with van der Waals surface area (Å²) in [5.74, 6) is 0.223. The topological polar surface area (TPSA) is 98.4 Å². The standard InChI is InChI=1S/C27H32FN7O3S/c1-18-10-25-20(14-30-35(25)22-6-4-21(28)5-7-22)13-24(18)26-17-34(39(36,37)27-15-29-32(2)31-27)9-8-33(26)16-19-11-23(12-19)38-3/h4-7,10,13-15,19,23,26H,8-9,11-12,16-17H2,1-3H3. The van der Waals surface area contributed by atoms with Crippen molar-refractivity contribution in [2.75, 3.05) is 33.3 Å². The number of benzene rings is 2. The highest BCUT2D eigenvalue weighted by atomic mass is 32.2. The third-order valence-corrected chi connectivity index (χ3v) is 9.77. The number of fused-ring (bicyclic) bond motifs is 1. The fraction of sp³-hybridized carbons (Fsp3) is 0.444. The Morgan fingerprint density at radius 2 is 1.85 bits per heavy atom. The maximum atomic E-state index is 13.5. The minimum atomic E-state index is -3.78. The Hall–Kier alpha value is -3.19. The number of hydrogen-bond acceptors (Lipinski definition) is 7. The molecule has 1 unspecified atom stereocenters. The molecule has 1 saturated heterocycles. The summed E-state index contributed by atoms with van der Waals surface area (Å²) in [6.45, 7) is 4.26. The first-order valence-electron chi connectivity index (χ1n) is 13.1. The smallest absolute Gasteiger partial charge is 0.264 e. The van der Waals surface area contributed by atoms with Gasteiger partial charge < -0.3 is 4.74 Å². The molecule has 1 aliphatic heterocycles. The van der Waals surface area contributed by atoms with Crippen molar-refractivity contribution in [3.05, 3.63) is 65.7 Å². The number of aromatic nitrogens is 5. The minimum absolute atomic E-state index is 0.0353. The van der Waals surface area contributed by atoms with Gasteiger partial charge in [-0.05, 0) is 73.2 Å². The maximum Gasteiger partial charge on any atom is 0.264 e. The molecule has 206 valence electrons. The zero-order chi connectivity index (χ0) is 27.3. The minimum Gasteiger partial charge on any atom is -0.381 e. The first-order chi connectivity index (χ1) is 18.7. The van der Waals surface area contributed by atoms with Crippen molar-refractivity contribution in [3.8, 4) is 5.69 Å². The lowest BCUT2D eigenvalue weighted by molar-refractivity contribution is -0.0216. The van der Waals surface area contributed by atoms with Crippen molar-refractivity contribution >= 4 is 20.9 Å². The lowest BCUT2D eigenvalue weighted by Gasteiger charge is -2.45. The Morgan fingerprint density at radius 3 is 2.54 bits per heavy atom. The maximum absolute atomic E-state index is 13.5. The van der Waals surface area contributed by atoms with Gasteiger partial charge in [0.15, 0.2) is 0 Å². The number of piperazine rings is 1. The summed E-state index contributed by atoms with van der Waals surface area (Å²) in [4.78, 5) is 3.68. The molecule has 2 fully saturated rings. The van der Waals surface area contributed by atoms with Crippen molar-refractivity contribution in [1.82, 2.24) is 34.0 Å². The number of ether oxygens (including phenoxy) is 1. The molecule has 2 aromatic carbocycles. The highest BCUT2D eigenvalue weighted by molar-refractivity contribution is 7.89. The normalized spacial score (nSPS) is 22.8. The zero-order valence-electron chi connectivity index (χ0n) is 22.2. The first-order valence-corrected chi connectivity index (χ1v) is 14.5. The molecule has 1 saturated carbocycles. The van der Waals surface area contributed by atoms with Gasteiger partial charge in [0.1, 0.15) is 5.82 Å². The Bertz CT molecular complexity index is 1600. The molecule has 0 spiro atoms. The second-order valence-electron chi connectivity index (χ2n) is 10.5. The van der Waals surface area contributed by atoms with Crippen molar-refractivity contribution in [2.24, 2.45) is 13.0 Å². The largest absolute Gasteiger partial charge is 0.381 e. The molecule has 0 amide bonds. The molecule has 6 rings (SSSR count). The molecule has 10 nitrogen and oxygen atoms in total. The summed E-state index contributed by atoms with van der Waals surface area (Å²) in [5.41, 5.74) is 3.80. The predicted molar refractivity (Wildman–Crippen MR) is 143 cm³/mol. The van der Waals surface area contributed by atoms with Crippen LogP contribution in [-0.2, 0) is 21.8 Å². The monoisotopic (exact) mass is 553 g/mol. The molecule has 2 aromatic heterocycles. The highest BCUT2D eigenvalue weighted by Gasteiger charge is 2.39. The quantitative estimate of drug-likeness (QED) is 0.347. The Kier molecular flexibility index (Phi) is 6.74. The second kappa shape index (κ2) is 10.1. The third kappa shape index (κ3) is 4.86. The van der Waals surface area contributed by atoms with Crippen LogP contribution in [-0.4, -0.2) is 81.8 Å². The number of halogens is 1. The fourth-order valence-corrected chi connectivity index (χ4v) is 7.12. The molecule has 2 aliphatic rings. The van der Waals surface area contributed by atoms with Gasteiger partial charge in [-0.3, -0.25) is 4.90 Å². The van der Waals surface area contributed by atoms with Gasteiger partial charge in [0.2, 0.25) is 5.03 Å². The van der Waals surface area contributed by atoms with E-state index in [9.17, 15) is 12.8 Å². The number of aryl methyl sites for hydroxylation is 2. The molecular formula is C27H32FN7O3S. The summed E-state index contributed by atoms with van der Waals surface area (Å²) in [7, 11) is -0.422. The SMILES string of the molecule is COC1CC(CN2CCN(S(=O)(=O)c3cnn(C)n3)CC2c2cc3cnn(-c4ccc(F)cc4)c3cc2C)C1. The average molecular weight is 554 g/mol. The summed E-state index contributed by atoms with van der Waals surface area (Å²) in [6, 6.07) is 10.3. The van der Waals surface area contributed by atoms with Crippen LogP contribution in [0, 0.1) is 18.7 Å².